The van der Waals surface area contributed by atoms with Gasteiger partial charge in [-0.3, -0.25) is 0 Å². The van der Waals surface area contributed by atoms with E-state index in [-0.39, 0.29) is 6.61 Å². The van der Waals surface area contributed by atoms with Crippen LogP contribution >= 0.6 is 0 Å². The molecule has 0 aliphatic carbocycles. The second-order valence-corrected chi connectivity index (χ2v) is 2.33. The smallest absolute Gasteiger partial charge is 0.0598 e. The highest BCUT2D eigenvalue weighted by Gasteiger charge is 2.01. The van der Waals surface area contributed by atoms with Crippen LogP contribution in [0.2, 0.25) is 0 Å². The van der Waals surface area contributed by atoms with E-state index < -0.39 is 6.10 Å². The predicted molar refractivity (Wildman–Crippen MR) is 37.1 cm³/mol. The summed E-state index contributed by atoms with van der Waals surface area (Å²) < 4.78 is 0. The standard InChI is InChI=1S/C7H14O2/c1-6(2)5-7(9)3-4-8/h7-9H,1,3-5H2,2H3/t7-/m1/s1. The van der Waals surface area contributed by atoms with Crippen LogP contribution in [-0.4, -0.2) is 22.9 Å². The molecule has 0 unspecified atom stereocenters. The maximum absolute atomic E-state index is 9.00. The molecule has 1 atom stereocenters. The maximum atomic E-state index is 9.00. The van der Waals surface area contributed by atoms with E-state index >= 15 is 0 Å². The van der Waals surface area contributed by atoms with Gasteiger partial charge in [0.1, 0.15) is 0 Å². The largest absolute Gasteiger partial charge is 0.396 e. The molecule has 0 radical (unpaired) electrons. The summed E-state index contributed by atoms with van der Waals surface area (Å²) in [6.07, 6.45) is 0.639. The van der Waals surface area contributed by atoms with Gasteiger partial charge in [0.25, 0.3) is 0 Å². The zero-order chi connectivity index (χ0) is 7.28. The van der Waals surface area contributed by atoms with E-state index in [1.165, 1.54) is 0 Å². The molecule has 0 aliphatic heterocycles. The van der Waals surface area contributed by atoms with Crippen molar-refractivity contribution in [3.63, 3.8) is 0 Å². The Balaban J connectivity index is 3.26. The van der Waals surface area contributed by atoms with Gasteiger partial charge < -0.3 is 10.2 Å². The van der Waals surface area contributed by atoms with E-state index in [1.54, 1.807) is 0 Å². The summed E-state index contributed by atoms with van der Waals surface area (Å²) in [4.78, 5) is 0. The summed E-state index contributed by atoms with van der Waals surface area (Å²) >= 11 is 0. The first-order valence-electron chi connectivity index (χ1n) is 3.10. The van der Waals surface area contributed by atoms with Crippen molar-refractivity contribution in [1.82, 2.24) is 0 Å². The number of rotatable bonds is 4. The lowest BCUT2D eigenvalue weighted by atomic mass is 10.1. The van der Waals surface area contributed by atoms with Crippen LogP contribution in [0.4, 0.5) is 0 Å². The van der Waals surface area contributed by atoms with Gasteiger partial charge in [-0.25, -0.2) is 0 Å². The fourth-order valence-electron chi connectivity index (χ4n) is 0.653. The van der Waals surface area contributed by atoms with Crippen LogP contribution in [0.25, 0.3) is 0 Å². The summed E-state index contributed by atoms with van der Waals surface area (Å²) in [6.45, 7) is 5.55. The average molecular weight is 130 g/mol. The van der Waals surface area contributed by atoms with Crippen LogP contribution in [0.5, 0.6) is 0 Å². The van der Waals surface area contributed by atoms with E-state index in [2.05, 4.69) is 6.58 Å². The molecule has 9 heavy (non-hydrogen) atoms. The highest BCUT2D eigenvalue weighted by Crippen LogP contribution is 2.03. The molecule has 0 aromatic carbocycles. The molecule has 2 nitrogen and oxygen atoms in total. The van der Waals surface area contributed by atoms with Gasteiger partial charge >= 0.3 is 0 Å². The Kier molecular flexibility index (Phi) is 4.36. The van der Waals surface area contributed by atoms with Gasteiger partial charge in [-0.1, -0.05) is 5.57 Å². The summed E-state index contributed by atoms with van der Waals surface area (Å²) in [7, 11) is 0. The Morgan fingerprint density at radius 1 is 1.67 bits per heavy atom. The summed E-state index contributed by atoms with van der Waals surface area (Å²) in [5.74, 6) is 0. The normalized spacial score (nSPS) is 13.2. The first-order valence-corrected chi connectivity index (χ1v) is 3.10. The number of aliphatic hydroxyl groups excluding tert-OH is 2. The van der Waals surface area contributed by atoms with E-state index in [0.29, 0.717) is 12.8 Å². The number of hydrogen-bond acceptors (Lipinski definition) is 2. The molecule has 0 bridgehead atoms. The molecule has 0 heterocycles. The minimum atomic E-state index is -0.410. The van der Waals surface area contributed by atoms with Crippen molar-refractivity contribution >= 4 is 0 Å². The van der Waals surface area contributed by atoms with Gasteiger partial charge in [0, 0.05) is 6.61 Å². The van der Waals surface area contributed by atoms with Crippen LogP contribution in [-0.2, 0) is 0 Å². The van der Waals surface area contributed by atoms with Crippen LogP contribution < -0.4 is 0 Å². The molecule has 54 valence electrons. The van der Waals surface area contributed by atoms with E-state index in [9.17, 15) is 0 Å². The van der Waals surface area contributed by atoms with Crippen LogP contribution in [0, 0.1) is 0 Å². The van der Waals surface area contributed by atoms with Crippen molar-refractivity contribution in [2.24, 2.45) is 0 Å². The van der Waals surface area contributed by atoms with Crippen LogP contribution in [0.3, 0.4) is 0 Å². The summed E-state index contributed by atoms with van der Waals surface area (Å²) in [5, 5.41) is 17.4. The van der Waals surface area contributed by atoms with E-state index in [0.717, 1.165) is 5.57 Å². The molecule has 0 aliphatic rings. The second kappa shape index (κ2) is 4.53. The Morgan fingerprint density at radius 2 is 2.22 bits per heavy atom. The first-order chi connectivity index (χ1) is 4.16. The van der Waals surface area contributed by atoms with Crippen LogP contribution in [0.15, 0.2) is 12.2 Å². The fraction of sp³-hybridized carbons (Fsp3) is 0.714. The third-order valence-electron chi connectivity index (χ3n) is 1.05. The molecule has 0 rings (SSSR count). The van der Waals surface area contributed by atoms with Crippen molar-refractivity contribution in [2.75, 3.05) is 6.61 Å². The number of hydrogen-bond donors (Lipinski definition) is 2. The molecule has 0 saturated heterocycles. The van der Waals surface area contributed by atoms with Crippen molar-refractivity contribution in [3.05, 3.63) is 12.2 Å². The molecule has 0 saturated carbocycles. The molecule has 0 fully saturated rings. The van der Waals surface area contributed by atoms with Crippen LogP contribution in [0.1, 0.15) is 19.8 Å². The van der Waals surface area contributed by atoms with Crippen molar-refractivity contribution < 1.29 is 10.2 Å². The molecular formula is C7H14O2. The molecule has 2 heteroatoms. The molecular weight excluding hydrogens is 116 g/mol. The predicted octanol–water partition coefficient (Wildman–Crippen LogP) is 0.696. The van der Waals surface area contributed by atoms with Crippen molar-refractivity contribution in [2.45, 2.75) is 25.9 Å². The molecule has 0 amide bonds. The van der Waals surface area contributed by atoms with Gasteiger partial charge in [-0.05, 0) is 19.8 Å². The lowest BCUT2D eigenvalue weighted by Crippen LogP contribution is -2.08. The SMILES string of the molecule is C=C(C)C[C@H](O)CCO. The Morgan fingerprint density at radius 3 is 2.56 bits per heavy atom. The highest BCUT2D eigenvalue weighted by atomic mass is 16.3. The van der Waals surface area contributed by atoms with Crippen molar-refractivity contribution in [1.29, 1.82) is 0 Å². The lowest BCUT2D eigenvalue weighted by molar-refractivity contribution is 0.133. The third kappa shape index (κ3) is 5.53. The van der Waals surface area contributed by atoms with Crippen molar-refractivity contribution in [3.8, 4) is 0 Å². The van der Waals surface area contributed by atoms with Gasteiger partial charge in [0.2, 0.25) is 0 Å². The Bertz CT molecular complexity index is 88.9. The Hall–Kier alpha value is -0.340. The quantitative estimate of drug-likeness (QED) is 0.550. The fourth-order valence-corrected chi connectivity index (χ4v) is 0.653. The maximum Gasteiger partial charge on any atom is 0.0598 e. The van der Waals surface area contributed by atoms with E-state index in [1.807, 2.05) is 6.92 Å². The highest BCUT2D eigenvalue weighted by molar-refractivity contribution is 4.90. The van der Waals surface area contributed by atoms with Gasteiger partial charge in [-0.2, -0.15) is 0 Å². The molecule has 0 aromatic heterocycles. The Labute approximate surface area is 55.8 Å². The lowest BCUT2D eigenvalue weighted by Gasteiger charge is -2.06. The molecule has 0 aromatic rings. The zero-order valence-electron chi connectivity index (χ0n) is 5.80. The van der Waals surface area contributed by atoms with Gasteiger partial charge in [0.05, 0.1) is 6.10 Å². The zero-order valence-corrected chi connectivity index (χ0v) is 5.80. The molecule has 2 N–H and O–H groups in total. The average Bonchev–Trinajstić information content (AvgIpc) is 1.63. The summed E-state index contributed by atoms with van der Waals surface area (Å²) in [6, 6.07) is 0. The minimum Gasteiger partial charge on any atom is -0.396 e. The molecule has 0 spiro atoms. The van der Waals surface area contributed by atoms with Gasteiger partial charge in [0.15, 0.2) is 0 Å². The monoisotopic (exact) mass is 130 g/mol. The number of aliphatic hydroxyl groups is 2. The van der Waals surface area contributed by atoms with E-state index in [4.69, 9.17) is 10.2 Å². The minimum absolute atomic E-state index is 0.0500. The third-order valence-corrected chi connectivity index (χ3v) is 1.05. The summed E-state index contributed by atoms with van der Waals surface area (Å²) in [5.41, 5.74) is 0.955. The topological polar surface area (TPSA) is 40.5 Å². The van der Waals surface area contributed by atoms with Gasteiger partial charge in [-0.15, -0.1) is 6.58 Å². The second-order valence-electron chi connectivity index (χ2n) is 2.33. The first kappa shape index (κ1) is 8.66.